The van der Waals surface area contributed by atoms with Crippen molar-refractivity contribution >= 4 is 23.3 Å². The van der Waals surface area contributed by atoms with Crippen LogP contribution >= 0.6 is 11.6 Å². The van der Waals surface area contributed by atoms with Crippen molar-refractivity contribution in [3.05, 3.63) is 41.6 Å². The maximum atomic E-state index is 11.3. The van der Waals surface area contributed by atoms with Crippen molar-refractivity contribution in [1.82, 2.24) is 9.78 Å². The Labute approximate surface area is 111 Å². The van der Waals surface area contributed by atoms with Gasteiger partial charge in [0.15, 0.2) is 0 Å². The van der Waals surface area contributed by atoms with Crippen LogP contribution in [0.5, 0.6) is 0 Å². The Hall–Kier alpha value is -1.81. The second-order valence-electron chi connectivity index (χ2n) is 4.10. The highest BCUT2D eigenvalue weighted by Gasteiger charge is 2.09. The minimum absolute atomic E-state index is 0.0713. The monoisotopic (exact) mass is 263 g/mol. The quantitative estimate of drug-likeness (QED) is 0.866. The lowest BCUT2D eigenvalue weighted by atomic mass is 10.2. The van der Waals surface area contributed by atoms with Crippen LogP contribution in [0.25, 0.3) is 5.69 Å². The summed E-state index contributed by atoms with van der Waals surface area (Å²) in [5.74, 6) is 0.310. The number of hydrogen-bond donors (Lipinski definition) is 1. The number of carbonyl (C=O) groups is 1. The van der Waals surface area contributed by atoms with Crippen molar-refractivity contribution in [2.45, 2.75) is 13.8 Å². The van der Waals surface area contributed by atoms with Crippen molar-refractivity contribution < 1.29 is 4.79 Å². The summed E-state index contributed by atoms with van der Waals surface area (Å²) in [6.07, 6.45) is 0. The van der Waals surface area contributed by atoms with Crippen LogP contribution < -0.4 is 5.32 Å². The first-order valence-corrected chi connectivity index (χ1v) is 6.13. The molecule has 1 heterocycles. The molecule has 0 atom stereocenters. The van der Waals surface area contributed by atoms with Crippen molar-refractivity contribution in [3.8, 4) is 5.69 Å². The molecule has 4 nitrogen and oxygen atoms in total. The molecular formula is C13H14ClN3O. The molecule has 0 spiro atoms. The first-order chi connectivity index (χ1) is 8.60. The minimum atomic E-state index is -0.245. The first kappa shape index (κ1) is 12.6. The Balaban J connectivity index is 2.37. The second-order valence-corrected chi connectivity index (χ2v) is 4.37. The topological polar surface area (TPSA) is 46.9 Å². The number of benzene rings is 1. The molecule has 0 aliphatic carbocycles. The van der Waals surface area contributed by atoms with Gasteiger partial charge in [0.05, 0.1) is 11.4 Å². The summed E-state index contributed by atoms with van der Waals surface area (Å²) >= 11 is 5.49. The Morgan fingerprint density at radius 1 is 1.33 bits per heavy atom. The largest absolute Gasteiger partial charge is 0.310 e. The van der Waals surface area contributed by atoms with Crippen LogP contribution in [0, 0.1) is 13.8 Å². The maximum Gasteiger partial charge on any atom is 0.240 e. The molecule has 1 aromatic carbocycles. The van der Waals surface area contributed by atoms with Gasteiger partial charge in [0.25, 0.3) is 0 Å². The highest BCUT2D eigenvalue weighted by Crippen LogP contribution is 2.17. The normalized spacial score (nSPS) is 10.4. The first-order valence-electron chi connectivity index (χ1n) is 5.59. The van der Waals surface area contributed by atoms with E-state index >= 15 is 0 Å². The van der Waals surface area contributed by atoms with Gasteiger partial charge in [-0.2, -0.15) is 5.10 Å². The number of hydrogen-bond acceptors (Lipinski definition) is 2. The number of alkyl halides is 1. The van der Waals surface area contributed by atoms with E-state index in [4.69, 9.17) is 11.6 Å². The van der Waals surface area contributed by atoms with E-state index in [9.17, 15) is 4.79 Å². The van der Waals surface area contributed by atoms with E-state index < -0.39 is 0 Å². The third-order valence-corrected chi connectivity index (χ3v) is 2.74. The average Bonchev–Trinajstić information content (AvgIpc) is 2.71. The van der Waals surface area contributed by atoms with Gasteiger partial charge < -0.3 is 5.32 Å². The molecule has 0 saturated carbocycles. The highest BCUT2D eigenvalue weighted by molar-refractivity contribution is 6.29. The molecule has 0 aliphatic rings. The van der Waals surface area contributed by atoms with Gasteiger partial charge in [0.2, 0.25) is 5.91 Å². The third-order valence-electron chi connectivity index (χ3n) is 2.50. The van der Waals surface area contributed by atoms with E-state index in [-0.39, 0.29) is 11.8 Å². The van der Waals surface area contributed by atoms with Gasteiger partial charge in [0, 0.05) is 6.07 Å². The molecule has 0 radical (unpaired) electrons. The van der Waals surface area contributed by atoms with E-state index in [2.05, 4.69) is 10.4 Å². The molecule has 1 N–H and O–H groups in total. The zero-order chi connectivity index (χ0) is 13.1. The molecule has 2 rings (SSSR count). The van der Waals surface area contributed by atoms with E-state index in [1.165, 1.54) is 5.56 Å². The number of rotatable bonds is 3. The summed E-state index contributed by atoms with van der Waals surface area (Å²) in [6, 6.07) is 9.72. The molecule has 94 valence electrons. The second kappa shape index (κ2) is 5.23. The molecule has 0 saturated heterocycles. The van der Waals surface area contributed by atoms with E-state index in [0.717, 1.165) is 11.4 Å². The number of aromatic nitrogens is 2. The molecule has 1 aromatic heterocycles. The Bertz CT molecular complexity index is 560. The zero-order valence-corrected chi connectivity index (χ0v) is 11.0. The average molecular weight is 264 g/mol. The summed E-state index contributed by atoms with van der Waals surface area (Å²) in [7, 11) is 0. The van der Waals surface area contributed by atoms with Gasteiger partial charge in [-0.25, -0.2) is 4.68 Å². The lowest BCUT2D eigenvalue weighted by molar-refractivity contribution is -0.113. The summed E-state index contributed by atoms with van der Waals surface area (Å²) in [4.78, 5) is 11.3. The van der Waals surface area contributed by atoms with Crippen LogP contribution in [0.15, 0.2) is 30.3 Å². The van der Waals surface area contributed by atoms with Crippen LogP contribution in [0.4, 0.5) is 5.82 Å². The molecule has 0 fully saturated rings. The number of amides is 1. The number of aryl methyl sites for hydroxylation is 2. The van der Waals surface area contributed by atoms with Gasteiger partial charge in [-0.3, -0.25) is 4.79 Å². The molecule has 0 aliphatic heterocycles. The minimum Gasteiger partial charge on any atom is -0.310 e. The van der Waals surface area contributed by atoms with Crippen LogP contribution in [0.2, 0.25) is 0 Å². The van der Waals surface area contributed by atoms with Crippen molar-refractivity contribution in [2.24, 2.45) is 0 Å². The van der Waals surface area contributed by atoms with E-state index in [1.54, 1.807) is 4.68 Å². The smallest absolute Gasteiger partial charge is 0.240 e. The van der Waals surface area contributed by atoms with E-state index in [1.807, 2.05) is 44.2 Å². The predicted molar refractivity (Wildman–Crippen MR) is 72.4 cm³/mol. The van der Waals surface area contributed by atoms with Gasteiger partial charge in [-0.1, -0.05) is 17.7 Å². The molecule has 0 bridgehead atoms. The summed E-state index contributed by atoms with van der Waals surface area (Å²) < 4.78 is 1.69. The van der Waals surface area contributed by atoms with Gasteiger partial charge in [-0.05, 0) is 26.0 Å². The van der Waals surface area contributed by atoms with E-state index in [0.29, 0.717) is 5.82 Å². The van der Waals surface area contributed by atoms with Gasteiger partial charge >= 0.3 is 0 Å². The fraction of sp³-hybridized carbons (Fsp3) is 0.231. The Kier molecular flexibility index (Phi) is 3.67. The van der Waals surface area contributed by atoms with Gasteiger partial charge in [-0.15, -0.1) is 11.6 Å². The fourth-order valence-electron chi connectivity index (χ4n) is 1.65. The maximum absolute atomic E-state index is 11.3. The molecule has 0 unspecified atom stereocenters. The predicted octanol–water partition coefficient (Wildman–Crippen LogP) is 2.67. The van der Waals surface area contributed by atoms with Gasteiger partial charge in [0.1, 0.15) is 11.7 Å². The standard InChI is InChI=1S/C13H14ClN3O/c1-9-3-5-11(6-4-9)17-12(7-10(2)16-17)15-13(18)8-14/h3-7H,8H2,1-2H3,(H,15,18). The summed E-state index contributed by atoms with van der Waals surface area (Å²) in [5.41, 5.74) is 2.91. The number of halogens is 1. The SMILES string of the molecule is Cc1ccc(-n2nc(C)cc2NC(=O)CCl)cc1. The number of anilines is 1. The zero-order valence-electron chi connectivity index (χ0n) is 10.3. The fourth-order valence-corrected chi connectivity index (χ4v) is 1.71. The molecular weight excluding hydrogens is 250 g/mol. The molecule has 18 heavy (non-hydrogen) atoms. The molecule has 2 aromatic rings. The summed E-state index contributed by atoms with van der Waals surface area (Å²) in [6.45, 7) is 3.90. The molecule has 5 heteroatoms. The lowest BCUT2D eigenvalue weighted by Crippen LogP contribution is -2.15. The van der Waals surface area contributed by atoms with Crippen LogP contribution in [-0.4, -0.2) is 21.6 Å². The van der Waals surface area contributed by atoms with Crippen LogP contribution in [0.3, 0.4) is 0 Å². The third kappa shape index (κ3) is 2.71. The van der Waals surface area contributed by atoms with Crippen LogP contribution in [0.1, 0.15) is 11.3 Å². The number of nitrogens with zero attached hydrogens (tertiary/aromatic N) is 2. The van der Waals surface area contributed by atoms with Crippen molar-refractivity contribution in [2.75, 3.05) is 11.2 Å². The Morgan fingerprint density at radius 3 is 2.61 bits per heavy atom. The summed E-state index contributed by atoms with van der Waals surface area (Å²) in [5, 5.41) is 7.08. The molecule has 1 amide bonds. The van der Waals surface area contributed by atoms with Crippen molar-refractivity contribution in [3.63, 3.8) is 0 Å². The van der Waals surface area contributed by atoms with Crippen LogP contribution in [-0.2, 0) is 4.79 Å². The number of carbonyl (C=O) groups excluding carboxylic acids is 1. The highest BCUT2D eigenvalue weighted by atomic mass is 35.5. The number of nitrogens with one attached hydrogen (secondary N) is 1. The lowest BCUT2D eigenvalue weighted by Gasteiger charge is -2.08. The van der Waals surface area contributed by atoms with Crippen molar-refractivity contribution in [1.29, 1.82) is 0 Å². The Morgan fingerprint density at radius 2 is 2.00 bits per heavy atom.